The van der Waals surface area contributed by atoms with E-state index in [4.69, 9.17) is 4.74 Å². The topological polar surface area (TPSA) is 38.3 Å². The summed E-state index contributed by atoms with van der Waals surface area (Å²) in [5.74, 6) is 0.435. The molecule has 0 aliphatic rings. The van der Waals surface area contributed by atoms with E-state index in [0.717, 1.165) is 12.8 Å². The van der Waals surface area contributed by atoms with E-state index in [0.29, 0.717) is 19.1 Å². The van der Waals surface area contributed by atoms with Gasteiger partial charge in [0.1, 0.15) is 5.54 Å². The van der Waals surface area contributed by atoms with Crippen LogP contribution in [0.25, 0.3) is 0 Å². The number of esters is 1. The number of ether oxygens (including phenoxy) is 1. The highest BCUT2D eigenvalue weighted by molar-refractivity contribution is 7.09. The van der Waals surface area contributed by atoms with Crippen LogP contribution in [0.15, 0.2) is 17.5 Å². The molecule has 1 unspecified atom stereocenters. The predicted molar refractivity (Wildman–Crippen MR) is 80.3 cm³/mol. The van der Waals surface area contributed by atoms with Crippen molar-refractivity contribution in [3.8, 4) is 0 Å². The van der Waals surface area contributed by atoms with Crippen molar-refractivity contribution in [2.24, 2.45) is 5.92 Å². The van der Waals surface area contributed by atoms with Crippen molar-refractivity contribution in [2.45, 2.75) is 52.6 Å². The van der Waals surface area contributed by atoms with E-state index in [2.05, 4.69) is 25.2 Å². The smallest absolute Gasteiger partial charge is 0.326 e. The van der Waals surface area contributed by atoms with Crippen molar-refractivity contribution < 1.29 is 9.53 Å². The molecule has 0 aliphatic heterocycles. The quantitative estimate of drug-likeness (QED) is 0.741. The zero-order valence-corrected chi connectivity index (χ0v) is 13.2. The molecule has 0 aliphatic carbocycles. The van der Waals surface area contributed by atoms with Gasteiger partial charge in [0, 0.05) is 11.4 Å². The molecule has 0 radical (unpaired) electrons. The Labute approximate surface area is 120 Å². The monoisotopic (exact) mass is 283 g/mol. The van der Waals surface area contributed by atoms with Crippen LogP contribution in [0, 0.1) is 5.92 Å². The standard InChI is InChI=1S/C15H25NO2S/c1-5-18-14(17)15(4,9-8-12(2)3)16-11-13-7-6-10-19-13/h6-7,10,12,16H,5,8-9,11H2,1-4H3. The summed E-state index contributed by atoms with van der Waals surface area (Å²) in [4.78, 5) is 13.4. The summed E-state index contributed by atoms with van der Waals surface area (Å²) in [6.07, 6.45) is 1.81. The molecule has 1 heterocycles. The molecule has 0 saturated heterocycles. The zero-order chi connectivity index (χ0) is 14.3. The Bertz CT molecular complexity index is 376. The highest BCUT2D eigenvalue weighted by Gasteiger charge is 2.34. The van der Waals surface area contributed by atoms with Gasteiger partial charge in [0.25, 0.3) is 0 Å². The van der Waals surface area contributed by atoms with Gasteiger partial charge in [-0.2, -0.15) is 0 Å². The summed E-state index contributed by atoms with van der Waals surface area (Å²) in [5, 5.41) is 5.42. The minimum Gasteiger partial charge on any atom is -0.465 e. The molecular formula is C15H25NO2S. The number of hydrogen-bond donors (Lipinski definition) is 1. The van der Waals surface area contributed by atoms with Gasteiger partial charge in [-0.05, 0) is 44.1 Å². The van der Waals surface area contributed by atoms with E-state index >= 15 is 0 Å². The normalized spacial score (nSPS) is 14.4. The number of carbonyl (C=O) groups excluding carboxylic acids is 1. The Morgan fingerprint density at radius 2 is 2.26 bits per heavy atom. The fourth-order valence-electron chi connectivity index (χ4n) is 1.83. The summed E-state index contributed by atoms with van der Waals surface area (Å²) >= 11 is 1.70. The molecule has 1 rings (SSSR count). The lowest BCUT2D eigenvalue weighted by Crippen LogP contribution is -2.50. The van der Waals surface area contributed by atoms with Gasteiger partial charge in [-0.1, -0.05) is 19.9 Å². The first-order valence-electron chi connectivity index (χ1n) is 6.92. The third kappa shape index (κ3) is 5.33. The van der Waals surface area contributed by atoms with Crippen LogP contribution in [0.4, 0.5) is 0 Å². The Balaban J connectivity index is 2.64. The number of carbonyl (C=O) groups is 1. The second-order valence-electron chi connectivity index (χ2n) is 5.42. The first-order valence-corrected chi connectivity index (χ1v) is 7.80. The van der Waals surface area contributed by atoms with Gasteiger partial charge in [0.05, 0.1) is 6.61 Å². The second kappa shape index (κ2) is 7.65. The highest BCUT2D eigenvalue weighted by atomic mass is 32.1. The summed E-state index contributed by atoms with van der Waals surface area (Å²) < 4.78 is 5.21. The Morgan fingerprint density at radius 1 is 1.53 bits per heavy atom. The SMILES string of the molecule is CCOC(=O)C(C)(CCC(C)C)NCc1cccs1. The number of rotatable bonds is 8. The summed E-state index contributed by atoms with van der Waals surface area (Å²) in [5.41, 5.74) is -0.593. The Hall–Kier alpha value is -0.870. The van der Waals surface area contributed by atoms with Gasteiger partial charge in [0.15, 0.2) is 0 Å². The van der Waals surface area contributed by atoms with Gasteiger partial charge in [-0.15, -0.1) is 11.3 Å². The predicted octanol–water partition coefficient (Wildman–Crippen LogP) is 3.60. The second-order valence-corrected chi connectivity index (χ2v) is 6.45. The van der Waals surface area contributed by atoms with Crippen molar-refractivity contribution in [2.75, 3.05) is 6.61 Å². The summed E-state index contributed by atoms with van der Waals surface area (Å²) in [6.45, 7) is 9.28. The molecule has 108 valence electrons. The molecule has 0 spiro atoms. The van der Waals surface area contributed by atoms with E-state index in [1.807, 2.05) is 25.3 Å². The summed E-state index contributed by atoms with van der Waals surface area (Å²) in [6, 6.07) is 4.10. The van der Waals surface area contributed by atoms with Crippen molar-refractivity contribution in [1.82, 2.24) is 5.32 Å². The fourth-order valence-corrected chi connectivity index (χ4v) is 2.47. The molecule has 0 aromatic carbocycles. The zero-order valence-electron chi connectivity index (χ0n) is 12.4. The van der Waals surface area contributed by atoms with Crippen molar-refractivity contribution in [3.05, 3.63) is 22.4 Å². The van der Waals surface area contributed by atoms with Gasteiger partial charge >= 0.3 is 5.97 Å². The average molecular weight is 283 g/mol. The van der Waals surface area contributed by atoms with Crippen LogP contribution in [0.1, 0.15) is 45.4 Å². The molecule has 4 heteroatoms. The molecule has 1 aromatic heterocycles. The van der Waals surface area contributed by atoms with Crippen molar-refractivity contribution in [1.29, 1.82) is 0 Å². The third-order valence-electron chi connectivity index (χ3n) is 3.18. The van der Waals surface area contributed by atoms with E-state index < -0.39 is 5.54 Å². The van der Waals surface area contributed by atoms with Gasteiger partial charge in [-0.3, -0.25) is 10.1 Å². The molecule has 0 bridgehead atoms. The van der Waals surface area contributed by atoms with Crippen LogP contribution < -0.4 is 5.32 Å². The van der Waals surface area contributed by atoms with Crippen LogP contribution in [0.2, 0.25) is 0 Å². The number of thiophene rings is 1. The van der Waals surface area contributed by atoms with Crippen LogP contribution >= 0.6 is 11.3 Å². The Morgan fingerprint density at radius 3 is 2.79 bits per heavy atom. The van der Waals surface area contributed by atoms with Crippen LogP contribution in [0.5, 0.6) is 0 Å². The molecule has 1 atom stereocenters. The molecule has 0 amide bonds. The van der Waals surface area contributed by atoms with Crippen LogP contribution in [-0.4, -0.2) is 18.1 Å². The molecule has 0 saturated carbocycles. The summed E-state index contributed by atoms with van der Waals surface area (Å²) in [7, 11) is 0. The van der Waals surface area contributed by atoms with Gasteiger partial charge in [-0.25, -0.2) is 0 Å². The van der Waals surface area contributed by atoms with Gasteiger partial charge in [0.2, 0.25) is 0 Å². The van der Waals surface area contributed by atoms with E-state index in [1.165, 1.54) is 4.88 Å². The lowest BCUT2D eigenvalue weighted by molar-refractivity contribution is -0.151. The third-order valence-corrected chi connectivity index (χ3v) is 4.06. The minimum absolute atomic E-state index is 0.146. The highest BCUT2D eigenvalue weighted by Crippen LogP contribution is 2.20. The lowest BCUT2D eigenvalue weighted by atomic mass is 9.92. The number of hydrogen-bond acceptors (Lipinski definition) is 4. The molecule has 1 N–H and O–H groups in total. The van der Waals surface area contributed by atoms with E-state index in [-0.39, 0.29) is 5.97 Å². The molecule has 19 heavy (non-hydrogen) atoms. The number of nitrogens with one attached hydrogen (secondary N) is 1. The minimum atomic E-state index is -0.593. The molecule has 1 aromatic rings. The average Bonchev–Trinajstić information content (AvgIpc) is 2.87. The van der Waals surface area contributed by atoms with Crippen LogP contribution in [0.3, 0.4) is 0 Å². The fraction of sp³-hybridized carbons (Fsp3) is 0.667. The van der Waals surface area contributed by atoms with Crippen molar-refractivity contribution in [3.63, 3.8) is 0 Å². The maximum atomic E-state index is 12.2. The van der Waals surface area contributed by atoms with Gasteiger partial charge < -0.3 is 4.74 Å². The first-order chi connectivity index (χ1) is 8.98. The van der Waals surface area contributed by atoms with Crippen LogP contribution in [-0.2, 0) is 16.1 Å². The van der Waals surface area contributed by atoms with E-state index in [1.54, 1.807) is 11.3 Å². The van der Waals surface area contributed by atoms with Crippen molar-refractivity contribution >= 4 is 17.3 Å². The maximum absolute atomic E-state index is 12.2. The first kappa shape index (κ1) is 16.2. The molecule has 3 nitrogen and oxygen atoms in total. The Kier molecular flexibility index (Phi) is 6.52. The lowest BCUT2D eigenvalue weighted by Gasteiger charge is -2.29. The molecular weight excluding hydrogens is 258 g/mol. The largest absolute Gasteiger partial charge is 0.465 e. The van der Waals surface area contributed by atoms with E-state index in [9.17, 15) is 4.79 Å². The maximum Gasteiger partial charge on any atom is 0.326 e. The molecule has 0 fully saturated rings.